The molecule has 0 saturated carbocycles. The van der Waals surface area contributed by atoms with E-state index in [1.54, 1.807) is 6.07 Å². The first-order chi connectivity index (χ1) is 6.24. The Morgan fingerprint density at radius 1 is 1.54 bits per heavy atom. The van der Waals surface area contributed by atoms with Crippen LogP contribution in [0.4, 0.5) is 4.39 Å². The van der Waals surface area contributed by atoms with Gasteiger partial charge in [0.25, 0.3) is 0 Å². The second-order valence-electron chi connectivity index (χ2n) is 2.62. The number of hydrogen-bond donors (Lipinski definition) is 0. The molecule has 2 nitrogen and oxygen atoms in total. The quantitative estimate of drug-likeness (QED) is 0.554. The zero-order valence-electron chi connectivity index (χ0n) is 7.39. The Bertz CT molecular complexity index is 280. The summed E-state index contributed by atoms with van der Waals surface area (Å²) in [4.78, 5) is 3.52. The molecular formula is C9H11ClFNO. The Morgan fingerprint density at radius 2 is 2.31 bits per heavy atom. The van der Waals surface area contributed by atoms with E-state index in [9.17, 15) is 4.39 Å². The molecule has 72 valence electrons. The van der Waals surface area contributed by atoms with Gasteiger partial charge in [0.1, 0.15) is 0 Å². The van der Waals surface area contributed by atoms with Crippen LogP contribution in [0.1, 0.15) is 19.8 Å². The largest absolute Gasteiger partial charge is 0.478 e. The molecule has 1 heterocycles. The van der Waals surface area contributed by atoms with Crippen LogP contribution in [-0.2, 0) is 0 Å². The standard InChI is InChI=1S/C9H11ClFNO/c1-2-3-6-13-8-5-4-7(10)9(11)12-8/h4-5H,2-3,6H2,1H3. The molecule has 13 heavy (non-hydrogen) atoms. The fraction of sp³-hybridized carbons (Fsp3) is 0.444. The monoisotopic (exact) mass is 203 g/mol. The molecule has 0 aliphatic rings. The molecule has 4 heteroatoms. The first-order valence-electron chi connectivity index (χ1n) is 4.19. The fourth-order valence-corrected chi connectivity index (χ4v) is 0.907. The molecule has 0 aromatic carbocycles. The highest BCUT2D eigenvalue weighted by Gasteiger charge is 2.02. The van der Waals surface area contributed by atoms with E-state index in [-0.39, 0.29) is 10.9 Å². The number of nitrogens with zero attached hydrogens (tertiary/aromatic N) is 1. The average molecular weight is 204 g/mol. The summed E-state index contributed by atoms with van der Waals surface area (Å²) in [6.07, 6.45) is 1.97. The van der Waals surface area contributed by atoms with Crippen molar-refractivity contribution in [2.45, 2.75) is 19.8 Å². The summed E-state index contributed by atoms with van der Waals surface area (Å²) < 4.78 is 17.9. The van der Waals surface area contributed by atoms with Gasteiger partial charge in [0, 0.05) is 6.07 Å². The normalized spacial score (nSPS) is 10.1. The highest BCUT2D eigenvalue weighted by atomic mass is 35.5. The predicted octanol–water partition coefficient (Wildman–Crippen LogP) is 3.05. The average Bonchev–Trinajstić information content (AvgIpc) is 2.12. The maximum atomic E-state index is 12.8. The summed E-state index contributed by atoms with van der Waals surface area (Å²) in [6.45, 7) is 2.61. The van der Waals surface area contributed by atoms with Gasteiger partial charge in [-0.15, -0.1) is 0 Å². The maximum Gasteiger partial charge on any atom is 0.234 e. The van der Waals surface area contributed by atoms with Crippen molar-refractivity contribution >= 4 is 11.6 Å². The summed E-state index contributed by atoms with van der Waals surface area (Å²) in [5.41, 5.74) is 0. The summed E-state index contributed by atoms with van der Waals surface area (Å²) in [7, 11) is 0. The minimum atomic E-state index is -0.685. The van der Waals surface area contributed by atoms with Gasteiger partial charge in [0.2, 0.25) is 11.8 Å². The van der Waals surface area contributed by atoms with Gasteiger partial charge in [0.05, 0.1) is 11.6 Å². The molecule has 0 N–H and O–H groups in total. The van der Waals surface area contributed by atoms with Crippen molar-refractivity contribution in [3.8, 4) is 5.88 Å². The number of aromatic nitrogens is 1. The first kappa shape index (κ1) is 10.3. The van der Waals surface area contributed by atoms with E-state index in [0.717, 1.165) is 12.8 Å². The number of ether oxygens (including phenoxy) is 1. The van der Waals surface area contributed by atoms with Crippen LogP contribution in [0.15, 0.2) is 12.1 Å². The molecule has 1 aromatic heterocycles. The minimum Gasteiger partial charge on any atom is -0.478 e. The molecule has 0 bridgehead atoms. The smallest absolute Gasteiger partial charge is 0.234 e. The second kappa shape index (κ2) is 5.02. The molecule has 0 radical (unpaired) electrons. The summed E-state index contributed by atoms with van der Waals surface area (Å²) in [6, 6.07) is 2.99. The third kappa shape index (κ3) is 3.19. The first-order valence-corrected chi connectivity index (χ1v) is 4.56. The van der Waals surface area contributed by atoms with Crippen molar-refractivity contribution < 1.29 is 9.13 Å². The van der Waals surface area contributed by atoms with Gasteiger partial charge in [-0.05, 0) is 12.5 Å². The van der Waals surface area contributed by atoms with Crippen molar-refractivity contribution in [1.82, 2.24) is 4.98 Å². The van der Waals surface area contributed by atoms with E-state index in [1.807, 2.05) is 0 Å². The summed E-state index contributed by atoms with van der Waals surface area (Å²) >= 11 is 5.45. The lowest BCUT2D eigenvalue weighted by molar-refractivity contribution is 0.293. The van der Waals surface area contributed by atoms with Crippen molar-refractivity contribution in [3.05, 3.63) is 23.1 Å². The van der Waals surface area contributed by atoms with E-state index < -0.39 is 5.95 Å². The summed E-state index contributed by atoms with van der Waals surface area (Å²) in [5.74, 6) is -0.397. The van der Waals surface area contributed by atoms with Gasteiger partial charge in [-0.25, -0.2) is 0 Å². The van der Waals surface area contributed by atoms with Crippen LogP contribution in [0.25, 0.3) is 0 Å². The number of pyridine rings is 1. The van der Waals surface area contributed by atoms with Gasteiger partial charge in [-0.1, -0.05) is 24.9 Å². The molecule has 0 atom stereocenters. The van der Waals surface area contributed by atoms with Crippen LogP contribution in [0.2, 0.25) is 5.02 Å². The summed E-state index contributed by atoms with van der Waals surface area (Å²) in [5, 5.41) is 0.0165. The SMILES string of the molecule is CCCCOc1ccc(Cl)c(F)n1. The number of rotatable bonds is 4. The molecule has 0 aliphatic heterocycles. The van der Waals surface area contributed by atoms with Crippen LogP contribution in [-0.4, -0.2) is 11.6 Å². The lowest BCUT2D eigenvalue weighted by atomic mass is 10.4. The van der Waals surface area contributed by atoms with Crippen LogP contribution >= 0.6 is 11.6 Å². The number of hydrogen-bond acceptors (Lipinski definition) is 2. The van der Waals surface area contributed by atoms with Gasteiger partial charge < -0.3 is 4.74 Å². The third-order valence-electron chi connectivity index (χ3n) is 1.53. The topological polar surface area (TPSA) is 22.1 Å². The van der Waals surface area contributed by atoms with Gasteiger partial charge in [-0.3, -0.25) is 0 Å². The second-order valence-corrected chi connectivity index (χ2v) is 3.03. The Labute approximate surface area is 81.7 Å². The Hall–Kier alpha value is -0.830. The van der Waals surface area contributed by atoms with Crippen molar-refractivity contribution in [2.75, 3.05) is 6.61 Å². The van der Waals surface area contributed by atoms with Gasteiger partial charge >= 0.3 is 0 Å². The van der Waals surface area contributed by atoms with E-state index >= 15 is 0 Å². The molecule has 0 saturated heterocycles. The van der Waals surface area contributed by atoms with E-state index in [0.29, 0.717) is 6.61 Å². The van der Waals surface area contributed by atoms with Crippen LogP contribution in [0.5, 0.6) is 5.88 Å². The zero-order chi connectivity index (χ0) is 9.68. The zero-order valence-corrected chi connectivity index (χ0v) is 8.14. The Balaban J connectivity index is 2.53. The van der Waals surface area contributed by atoms with Gasteiger partial charge in [-0.2, -0.15) is 9.37 Å². The Kier molecular flexibility index (Phi) is 3.96. The van der Waals surface area contributed by atoms with Crippen LogP contribution < -0.4 is 4.74 Å². The third-order valence-corrected chi connectivity index (χ3v) is 1.81. The van der Waals surface area contributed by atoms with E-state index in [2.05, 4.69) is 11.9 Å². The number of unbranched alkanes of at least 4 members (excludes halogenated alkanes) is 1. The van der Waals surface area contributed by atoms with Crippen molar-refractivity contribution in [2.24, 2.45) is 0 Å². The highest BCUT2D eigenvalue weighted by Crippen LogP contribution is 2.16. The van der Waals surface area contributed by atoms with Crippen molar-refractivity contribution in [1.29, 1.82) is 0 Å². The van der Waals surface area contributed by atoms with Crippen LogP contribution in [0, 0.1) is 5.95 Å². The molecule has 0 spiro atoms. The molecular weight excluding hydrogens is 193 g/mol. The van der Waals surface area contributed by atoms with Crippen LogP contribution in [0.3, 0.4) is 0 Å². The molecule has 0 amide bonds. The molecule has 0 aliphatic carbocycles. The predicted molar refractivity (Wildman–Crippen MR) is 49.6 cm³/mol. The molecule has 1 rings (SSSR count). The fourth-order valence-electron chi connectivity index (χ4n) is 0.802. The Morgan fingerprint density at radius 3 is 2.92 bits per heavy atom. The van der Waals surface area contributed by atoms with E-state index in [1.165, 1.54) is 6.07 Å². The molecule has 0 fully saturated rings. The molecule has 1 aromatic rings. The lowest BCUT2D eigenvalue weighted by Gasteiger charge is -2.03. The maximum absolute atomic E-state index is 12.8. The van der Waals surface area contributed by atoms with Crippen molar-refractivity contribution in [3.63, 3.8) is 0 Å². The highest BCUT2D eigenvalue weighted by molar-refractivity contribution is 6.30. The number of halogens is 2. The lowest BCUT2D eigenvalue weighted by Crippen LogP contribution is -1.99. The molecule has 0 unspecified atom stereocenters. The van der Waals surface area contributed by atoms with Gasteiger partial charge in [0.15, 0.2) is 0 Å². The van der Waals surface area contributed by atoms with E-state index in [4.69, 9.17) is 16.3 Å². The minimum absolute atomic E-state index is 0.0165.